The van der Waals surface area contributed by atoms with E-state index in [1.807, 2.05) is 11.8 Å². The van der Waals surface area contributed by atoms with Crippen LogP contribution in [0.3, 0.4) is 0 Å². The van der Waals surface area contributed by atoms with E-state index in [0.29, 0.717) is 30.0 Å². The fourth-order valence-corrected chi connectivity index (χ4v) is 8.45. The second-order valence-electron chi connectivity index (χ2n) is 14.2. The average Bonchev–Trinajstić information content (AvgIpc) is 3.50. The van der Waals surface area contributed by atoms with Crippen LogP contribution in [-0.4, -0.2) is 90.3 Å². The molecule has 7 nitrogen and oxygen atoms in total. The molecule has 0 spiro atoms. The molecule has 2 aromatic rings. The number of nitrogens with zero attached hydrogens (tertiary/aromatic N) is 4. The molecule has 2 aliphatic heterocycles. The first-order valence-corrected chi connectivity index (χ1v) is 18.4. The maximum Gasteiger partial charge on any atom is 0.163 e. The highest BCUT2D eigenvalue weighted by Crippen LogP contribution is 2.39. The van der Waals surface area contributed by atoms with Crippen LogP contribution in [-0.2, 0) is 0 Å². The monoisotopic (exact) mass is 611 g/mol. The predicted molar refractivity (Wildman–Crippen MR) is 182 cm³/mol. The van der Waals surface area contributed by atoms with E-state index >= 15 is 0 Å². The number of likely N-dealkylation sites (tertiary alicyclic amines) is 2. The van der Waals surface area contributed by atoms with Gasteiger partial charge in [-0.3, -0.25) is 0 Å². The second kappa shape index (κ2) is 15.0. The molecule has 1 aliphatic carbocycles. The van der Waals surface area contributed by atoms with Crippen molar-refractivity contribution in [3.63, 3.8) is 0 Å². The smallest absolute Gasteiger partial charge is 0.163 e. The first-order valence-electron chi connectivity index (χ1n) is 17.0. The van der Waals surface area contributed by atoms with Gasteiger partial charge in [0, 0.05) is 55.6 Å². The van der Waals surface area contributed by atoms with Gasteiger partial charge in [0.25, 0.3) is 0 Å². The lowest BCUT2D eigenvalue weighted by atomic mass is 9.80. The Balaban J connectivity index is 1.28. The van der Waals surface area contributed by atoms with Gasteiger partial charge in [-0.1, -0.05) is 33.1 Å². The Morgan fingerprint density at radius 2 is 1.77 bits per heavy atom. The van der Waals surface area contributed by atoms with Crippen LogP contribution < -0.4 is 14.8 Å². The average molecular weight is 612 g/mol. The fraction of sp³-hybridized carbons (Fsp3) is 0.771. The highest BCUT2D eigenvalue weighted by molar-refractivity contribution is 7.98. The van der Waals surface area contributed by atoms with Crippen molar-refractivity contribution >= 4 is 28.5 Å². The summed E-state index contributed by atoms with van der Waals surface area (Å²) in [6, 6.07) is 5.22. The van der Waals surface area contributed by atoms with Gasteiger partial charge in [-0.25, -0.2) is 9.97 Å². The molecule has 1 atom stereocenters. The summed E-state index contributed by atoms with van der Waals surface area (Å²) in [5.41, 5.74) is 1.37. The van der Waals surface area contributed by atoms with Crippen LogP contribution in [0.1, 0.15) is 97.2 Å². The molecule has 43 heavy (non-hydrogen) atoms. The molecule has 240 valence electrons. The van der Waals surface area contributed by atoms with Crippen molar-refractivity contribution in [2.45, 2.75) is 103 Å². The largest absolute Gasteiger partial charge is 0.493 e. The molecular weight excluding hydrogens is 554 g/mol. The van der Waals surface area contributed by atoms with Crippen molar-refractivity contribution in [1.82, 2.24) is 19.8 Å². The number of ether oxygens (including phenoxy) is 2. The van der Waals surface area contributed by atoms with Gasteiger partial charge < -0.3 is 24.6 Å². The first-order chi connectivity index (χ1) is 20.8. The van der Waals surface area contributed by atoms with Gasteiger partial charge >= 0.3 is 0 Å². The summed E-state index contributed by atoms with van der Waals surface area (Å²) >= 11 is 1.97. The summed E-state index contributed by atoms with van der Waals surface area (Å²) in [4.78, 5) is 15.6. The van der Waals surface area contributed by atoms with Crippen LogP contribution >= 0.6 is 11.8 Å². The quantitative estimate of drug-likeness (QED) is 0.234. The molecule has 1 aromatic carbocycles. The summed E-state index contributed by atoms with van der Waals surface area (Å²) in [5.74, 6) is 5.98. The molecule has 1 unspecified atom stereocenters. The Kier molecular flexibility index (Phi) is 11.4. The minimum atomic E-state index is 0.403. The number of anilines is 1. The maximum absolute atomic E-state index is 6.40. The minimum Gasteiger partial charge on any atom is -0.493 e. The standard InChI is InChI=1S/C35H57N5O2S/c1-25(2)40-18-14-28(15-19-40)36-34-29-21-31(41-5)32(22-30(29)37-33(38-34)26-11-8-7-9-12-26)42-20-10-16-39-17-13-27(23-39)35(3,4)24-43-6/h21-22,25-28H,7-20,23-24H2,1-6H3,(H,36,37,38). The van der Waals surface area contributed by atoms with E-state index in [1.165, 1.54) is 57.4 Å². The summed E-state index contributed by atoms with van der Waals surface area (Å²) in [6.45, 7) is 15.9. The number of thioether (sulfide) groups is 1. The van der Waals surface area contributed by atoms with Crippen molar-refractivity contribution in [3.8, 4) is 11.5 Å². The molecule has 0 bridgehead atoms. The van der Waals surface area contributed by atoms with Crippen molar-refractivity contribution in [1.29, 1.82) is 0 Å². The first kappa shape index (κ1) is 32.6. The normalized spacial score (nSPS) is 21.6. The van der Waals surface area contributed by atoms with E-state index in [9.17, 15) is 0 Å². The molecule has 3 aliphatic rings. The molecule has 3 fully saturated rings. The Hall–Kier alpha value is -1.77. The third-order valence-electron chi connectivity index (χ3n) is 10.3. The number of hydrogen-bond donors (Lipinski definition) is 1. The Morgan fingerprint density at radius 1 is 1.00 bits per heavy atom. The molecule has 8 heteroatoms. The van der Waals surface area contributed by atoms with Gasteiger partial charge in [0.2, 0.25) is 0 Å². The van der Waals surface area contributed by atoms with E-state index < -0.39 is 0 Å². The van der Waals surface area contributed by atoms with Crippen molar-refractivity contribution in [2.75, 3.05) is 63.8 Å². The third-order valence-corrected chi connectivity index (χ3v) is 11.4. The number of hydrogen-bond acceptors (Lipinski definition) is 8. The molecule has 1 aromatic heterocycles. The Labute approximate surface area is 265 Å². The van der Waals surface area contributed by atoms with E-state index in [-0.39, 0.29) is 0 Å². The van der Waals surface area contributed by atoms with Gasteiger partial charge in [0.15, 0.2) is 11.5 Å². The van der Waals surface area contributed by atoms with Crippen molar-refractivity contribution in [2.24, 2.45) is 11.3 Å². The van der Waals surface area contributed by atoms with Gasteiger partial charge in [-0.05, 0) is 88.3 Å². The number of piperidine rings is 1. The highest BCUT2D eigenvalue weighted by atomic mass is 32.2. The van der Waals surface area contributed by atoms with Crippen LogP contribution in [0, 0.1) is 11.3 Å². The highest BCUT2D eigenvalue weighted by Gasteiger charge is 2.34. The maximum atomic E-state index is 6.40. The number of methoxy groups -OCH3 is 1. The second-order valence-corrected chi connectivity index (χ2v) is 15.1. The number of fused-ring (bicyclic) bond motifs is 1. The number of nitrogens with one attached hydrogen (secondary N) is 1. The number of rotatable bonds is 13. The summed E-state index contributed by atoms with van der Waals surface area (Å²) in [7, 11) is 1.74. The number of aromatic nitrogens is 2. The van der Waals surface area contributed by atoms with Crippen LogP contribution in [0.2, 0.25) is 0 Å². The molecule has 1 N–H and O–H groups in total. The van der Waals surface area contributed by atoms with Crippen LogP contribution in [0.15, 0.2) is 12.1 Å². The zero-order valence-electron chi connectivity index (χ0n) is 27.8. The van der Waals surface area contributed by atoms with E-state index in [1.54, 1.807) is 7.11 Å². The van der Waals surface area contributed by atoms with Gasteiger partial charge in [0.1, 0.15) is 11.6 Å². The predicted octanol–water partition coefficient (Wildman–Crippen LogP) is 7.45. The lowest BCUT2D eigenvalue weighted by Crippen LogP contribution is -2.42. The molecule has 0 amide bonds. The molecule has 5 rings (SSSR count). The molecule has 2 saturated heterocycles. The lowest BCUT2D eigenvalue weighted by molar-refractivity contribution is 0.177. The van der Waals surface area contributed by atoms with Gasteiger partial charge in [-0.15, -0.1) is 0 Å². The summed E-state index contributed by atoms with van der Waals surface area (Å²) < 4.78 is 12.3. The lowest BCUT2D eigenvalue weighted by Gasteiger charge is -2.35. The molecule has 1 saturated carbocycles. The molecule has 3 heterocycles. The van der Waals surface area contributed by atoms with Gasteiger partial charge in [0.05, 0.1) is 19.2 Å². The van der Waals surface area contributed by atoms with E-state index in [4.69, 9.17) is 19.4 Å². The Morgan fingerprint density at radius 3 is 2.47 bits per heavy atom. The van der Waals surface area contributed by atoms with Crippen LogP contribution in [0.5, 0.6) is 11.5 Å². The topological polar surface area (TPSA) is 62.8 Å². The minimum absolute atomic E-state index is 0.403. The SMILES string of the molecule is COc1cc2c(NC3CCN(C(C)C)CC3)nc(C3CCCCC3)nc2cc1OCCCN1CCC(C(C)(C)CSC)C1. The van der Waals surface area contributed by atoms with Crippen molar-refractivity contribution in [3.05, 3.63) is 18.0 Å². The van der Waals surface area contributed by atoms with E-state index in [2.05, 4.69) is 61.2 Å². The Bertz CT molecular complexity index is 1180. The fourth-order valence-electron chi connectivity index (χ4n) is 7.47. The van der Waals surface area contributed by atoms with Crippen LogP contribution in [0.4, 0.5) is 5.82 Å². The van der Waals surface area contributed by atoms with E-state index in [0.717, 1.165) is 78.9 Å². The summed E-state index contributed by atoms with van der Waals surface area (Å²) in [6.07, 6.45) is 13.0. The zero-order valence-corrected chi connectivity index (χ0v) is 28.6. The number of benzene rings is 1. The zero-order chi connectivity index (χ0) is 30.4. The third kappa shape index (κ3) is 8.29. The molecule has 0 radical (unpaired) electrons. The van der Waals surface area contributed by atoms with Crippen LogP contribution in [0.25, 0.3) is 10.9 Å². The molecular formula is C35H57N5O2S. The summed E-state index contributed by atoms with van der Waals surface area (Å²) in [5, 5.41) is 4.89. The van der Waals surface area contributed by atoms with Gasteiger partial charge in [-0.2, -0.15) is 11.8 Å². The van der Waals surface area contributed by atoms with Crippen molar-refractivity contribution < 1.29 is 9.47 Å².